The molecule has 0 aliphatic carbocycles. The molecule has 1 unspecified atom stereocenters. The van der Waals surface area contributed by atoms with Crippen LogP contribution in [0.2, 0.25) is 0 Å². The fraction of sp³-hybridized carbons (Fsp3) is 0.367. The van der Waals surface area contributed by atoms with Gasteiger partial charge in [0.25, 0.3) is 0 Å². The quantitative estimate of drug-likeness (QED) is 0.407. The number of hydrogen-bond acceptors (Lipinski definition) is 6. The molecule has 0 bridgehead atoms. The summed E-state index contributed by atoms with van der Waals surface area (Å²) >= 11 is 0. The highest BCUT2D eigenvalue weighted by Gasteiger charge is 2.36. The van der Waals surface area contributed by atoms with Crippen molar-refractivity contribution in [2.24, 2.45) is 0 Å². The summed E-state index contributed by atoms with van der Waals surface area (Å²) in [6.07, 6.45) is 3.40. The molecule has 8 nitrogen and oxygen atoms in total. The Labute approximate surface area is 227 Å². The average molecular weight is 534 g/mol. The van der Waals surface area contributed by atoms with E-state index in [1.165, 1.54) is 17.2 Å². The first-order valence-electron chi connectivity index (χ1n) is 13.1. The predicted molar refractivity (Wildman–Crippen MR) is 143 cm³/mol. The number of hydrogen-bond donors (Lipinski definition) is 1. The third kappa shape index (κ3) is 6.30. The Morgan fingerprint density at radius 2 is 1.92 bits per heavy atom. The largest absolute Gasteiger partial charge is 0.485 e. The minimum atomic E-state index is -0.629. The number of pyridine rings is 1. The number of aryl methyl sites for hydroxylation is 1. The molecule has 39 heavy (non-hydrogen) atoms. The molecule has 9 heteroatoms. The Hall–Kier alpha value is -4.14. The molecular formula is C30H32FN3O5. The van der Waals surface area contributed by atoms with E-state index in [9.17, 15) is 14.0 Å². The van der Waals surface area contributed by atoms with Gasteiger partial charge in [-0.15, -0.1) is 0 Å². The molecule has 2 aliphatic heterocycles. The van der Waals surface area contributed by atoms with Crippen LogP contribution in [0.1, 0.15) is 57.3 Å². The van der Waals surface area contributed by atoms with Gasteiger partial charge in [-0.1, -0.05) is 18.2 Å². The van der Waals surface area contributed by atoms with Crippen LogP contribution in [0.5, 0.6) is 17.4 Å². The van der Waals surface area contributed by atoms with Crippen molar-refractivity contribution in [2.75, 3.05) is 11.9 Å². The molecule has 3 aromatic rings. The second-order valence-corrected chi connectivity index (χ2v) is 10.7. The van der Waals surface area contributed by atoms with Gasteiger partial charge in [-0.2, -0.15) is 0 Å². The highest BCUT2D eigenvalue weighted by Crippen LogP contribution is 2.38. The zero-order valence-corrected chi connectivity index (χ0v) is 22.3. The topological polar surface area (TPSA) is 90.0 Å². The first-order chi connectivity index (χ1) is 18.7. The molecule has 1 saturated heterocycles. The van der Waals surface area contributed by atoms with Crippen molar-refractivity contribution in [1.29, 1.82) is 0 Å². The molecule has 2 aromatic carbocycles. The maximum Gasteiger partial charge on any atom is 0.410 e. The molecule has 2 atom stereocenters. The van der Waals surface area contributed by atoms with E-state index < -0.39 is 17.7 Å². The van der Waals surface area contributed by atoms with Crippen molar-refractivity contribution in [3.8, 4) is 17.4 Å². The van der Waals surface area contributed by atoms with Gasteiger partial charge >= 0.3 is 6.09 Å². The normalized spacial score (nSPS) is 18.6. The van der Waals surface area contributed by atoms with E-state index >= 15 is 0 Å². The molecular weight excluding hydrogens is 501 g/mol. The van der Waals surface area contributed by atoms with Crippen molar-refractivity contribution in [3.05, 3.63) is 77.7 Å². The number of aromatic nitrogens is 1. The number of carbonyl (C=O) groups is 2. The van der Waals surface area contributed by atoms with E-state index in [4.69, 9.17) is 14.2 Å². The number of rotatable bonds is 5. The third-order valence-electron chi connectivity index (χ3n) is 6.64. The summed E-state index contributed by atoms with van der Waals surface area (Å²) in [6.45, 7) is 5.88. The van der Waals surface area contributed by atoms with Crippen LogP contribution in [-0.2, 0) is 16.0 Å². The van der Waals surface area contributed by atoms with Crippen LogP contribution in [0.4, 0.5) is 14.9 Å². The number of anilines is 1. The van der Waals surface area contributed by atoms with E-state index in [1.54, 1.807) is 51.1 Å². The SMILES string of the molecule is CC(C)(C)OC(=O)N1CCCC1C(=O)Nc1ccc(Oc2ccc3c(c2)CC[C@@H](c2ccccc2F)O3)nc1. The molecule has 0 radical (unpaired) electrons. The van der Waals surface area contributed by atoms with Gasteiger partial charge < -0.3 is 19.5 Å². The van der Waals surface area contributed by atoms with Gasteiger partial charge in [-0.25, -0.2) is 14.2 Å². The molecule has 0 saturated carbocycles. The van der Waals surface area contributed by atoms with E-state index in [-0.39, 0.29) is 17.8 Å². The Morgan fingerprint density at radius 3 is 2.67 bits per heavy atom. The highest BCUT2D eigenvalue weighted by molar-refractivity contribution is 5.96. The number of nitrogens with zero attached hydrogens (tertiary/aromatic N) is 2. The maximum atomic E-state index is 14.2. The molecule has 2 aliphatic rings. The summed E-state index contributed by atoms with van der Waals surface area (Å²) in [5.41, 5.74) is 1.41. The zero-order chi connectivity index (χ0) is 27.6. The van der Waals surface area contributed by atoms with Gasteiger partial charge in [0, 0.05) is 18.2 Å². The van der Waals surface area contributed by atoms with Gasteiger partial charge in [0.2, 0.25) is 11.8 Å². The fourth-order valence-corrected chi connectivity index (χ4v) is 4.82. The highest BCUT2D eigenvalue weighted by atomic mass is 19.1. The number of nitrogens with one attached hydrogen (secondary N) is 1. The summed E-state index contributed by atoms with van der Waals surface area (Å²) in [5.74, 6) is 1.13. The van der Waals surface area contributed by atoms with Crippen LogP contribution in [0, 0.1) is 5.82 Å². The molecule has 3 heterocycles. The molecule has 1 aromatic heterocycles. The van der Waals surface area contributed by atoms with Crippen LogP contribution in [0.25, 0.3) is 0 Å². The molecule has 2 amide bonds. The second-order valence-electron chi connectivity index (χ2n) is 10.7. The Kier molecular flexibility index (Phi) is 7.41. The van der Waals surface area contributed by atoms with Crippen molar-refractivity contribution in [3.63, 3.8) is 0 Å². The number of benzene rings is 2. The van der Waals surface area contributed by atoms with Gasteiger partial charge in [-0.05, 0) is 82.3 Å². The Morgan fingerprint density at radius 1 is 1.10 bits per heavy atom. The number of fused-ring (bicyclic) bond motifs is 1. The molecule has 1 fully saturated rings. The van der Waals surface area contributed by atoms with E-state index in [1.807, 2.05) is 18.2 Å². The van der Waals surface area contributed by atoms with Crippen molar-refractivity contribution < 1.29 is 28.2 Å². The van der Waals surface area contributed by atoms with Gasteiger partial charge in [-0.3, -0.25) is 9.69 Å². The Balaban J connectivity index is 1.18. The fourth-order valence-electron chi connectivity index (χ4n) is 4.82. The molecule has 0 spiro atoms. The molecule has 1 N–H and O–H groups in total. The summed E-state index contributed by atoms with van der Waals surface area (Å²) in [5, 5.41) is 2.84. The number of amides is 2. The van der Waals surface area contributed by atoms with Gasteiger partial charge in [0.05, 0.1) is 11.9 Å². The first kappa shape index (κ1) is 26.5. The number of likely N-dealkylation sites (tertiary alicyclic amines) is 1. The minimum Gasteiger partial charge on any atom is -0.485 e. The lowest BCUT2D eigenvalue weighted by atomic mass is 9.97. The van der Waals surface area contributed by atoms with Crippen molar-refractivity contribution in [1.82, 2.24) is 9.88 Å². The monoisotopic (exact) mass is 533 g/mol. The van der Waals surface area contributed by atoms with E-state index in [0.717, 1.165) is 18.4 Å². The van der Waals surface area contributed by atoms with Crippen LogP contribution in [-0.4, -0.2) is 40.1 Å². The number of ether oxygens (including phenoxy) is 3. The number of halogens is 1. The minimum absolute atomic E-state index is 0.264. The standard InChI is InChI=1S/C30H32FN3O5/c1-30(2,3)39-29(36)34-16-6-9-24(34)28(35)33-20-11-15-27(32-18-20)37-21-12-14-25-19(17-21)10-13-26(38-25)22-7-4-5-8-23(22)31/h4-5,7-8,11-12,14-15,17-18,24,26H,6,9-10,13,16H2,1-3H3,(H,33,35)/t24?,26-/m0/s1. The molecule has 204 valence electrons. The number of carbonyl (C=O) groups excluding carboxylic acids is 2. The van der Waals surface area contributed by atoms with Crippen LogP contribution >= 0.6 is 0 Å². The van der Waals surface area contributed by atoms with Crippen LogP contribution in [0.3, 0.4) is 0 Å². The lowest BCUT2D eigenvalue weighted by Crippen LogP contribution is -2.45. The molecule has 5 rings (SSSR count). The lowest BCUT2D eigenvalue weighted by Gasteiger charge is -2.28. The van der Waals surface area contributed by atoms with Crippen molar-refractivity contribution >= 4 is 17.7 Å². The summed E-state index contributed by atoms with van der Waals surface area (Å²) < 4.78 is 31.6. The zero-order valence-electron chi connectivity index (χ0n) is 22.3. The summed E-state index contributed by atoms with van der Waals surface area (Å²) in [6, 6.07) is 15.0. The smallest absolute Gasteiger partial charge is 0.410 e. The second kappa shape index (κ2) is 10.9. The van der Waals surface area contributed by atoms with Crippen LogP contribution < -0.4 is 14.8 Å². The van der Waals surface area contributed by atoms with E-state index in [2.05, 4.69) is 10.3 Å². The maximum absolute atomic E-state index is 14.2. The van der Waals surface area contributed by atoms with Gasteiger partial charge in [0.15, 0.2) is 0 Å². The summed E-state index contributed by atoms with van der Waals surface area (Å²) in [7, 11) is 0. The lowest BCUT2D eigenvalue weighted by molar-refractivity contribution is -0.120. The predicted octanol–water partition coefficient (Wildman–Crippen LogP) is 6.42. The average Bonchev–Trinajstić information content (AvgIpc) is 3.40. The van der Waals surface area contributed by atoms with Gasteiger partial charge in [0.1, 0.15) is 35.1 Å². The first-order valence-corrected chi connectivity index (χ1v) is 13.1. The van der Waals surface area contributed by atoms with Crippen LogP contribution in [0.15, 0.2) is 60.8 Å². The summed E-state index contributed by atoms with van der Waals surface area (Å²) in [4.78, 5) is 31.2. The Bertz CT molecular complexity index is 1360. The van der Waals surface area contributed by atoms with Crippen molar-refractivity contribution in [2.45, 2.75) is 64.2 Å². The third-order valence-corrected chi connectivity index (χ3v) is 6.64. The van der Waals surface area contributed by atoms with E-state index in [0.29, 0.717) is 48.0 Å².